The molecule has 1 aromatic rings. The van der Waals surface area contributed by atoms with Crippen molar-refractivity contribution in [1.82, 2.24) is 5.32 Å². The summed E-state index contributed by atoms with van der Waals surface area (Å²) in [5.74, 6) is -0.969. The van der Waals surface area contributed by atoms with E-state index in [0.29, 0.717) is 6.42 Å². The van der Waals surface area contributed by atoms with Crippen LogP contribution in [0, 0.1) is 0 Å². The van der Waals surface area contributed by atoms with Crippen molar-refractivity contribution in [3.05, 3.63) is 34.3 Å². The van der Waals surface area contributed by atoms with Crippen molar-refractivity contribution >= 4 is 27.8 Å². The van der Waals surface area contributed by atoms with Crippen LogP contribution in [0.2, 0.25) is 0 Å². The molecule has 1 unspecified atom stereocenters. The van der Waals surface area contributed by atoms with Crippen LogP contribution in [0.5, 0.6) is 0 Å². The van der Waals surface area contributed by atoms with E-state index in [9.17, 15) is 9.59 Å². The average molecular weight is 328 g/mol. The SMILES string of the molecule is CCC(NC(=O)CCCC(=O)O)c1ccc(Br)cc1. The van der Waals surface area contributed by atoms with Gasteiger partial charge in [0.1, 0.15) is 0 Å². The minimum absolute atomic E-state index is 0.0228. The number of rotatable bonds is 7. The van der Waals surface area contributed by atoms with Gasteiger partial charge in [-0.25, -0.2) is 0 Å². The summed E-state index contributed by atoms with van der Waals surface area (Å²) in [5.41, 5.74) is 1.05. The van der Waals surface area contributed by atoms with E-state index in [1.165, 1.54) is 0 Å². The van der Waals surface area contributed by atoms with Crippen LogP contribution in [-0.2, 0) is 9.59 Å². The summed E-state index contributed by atoms with van der Waals surface area (Å²) in [7, 11) is 0. The van der Waals surface area contributed by atoms with Crippen molar-refractivity contribution in [1.29, 1.82) is 0 Å². The minimum Gasteiger partial charge on any atom is -0.481 e. The Morgan fingerprint density at radius 1 is 1.26 bits per heavy atom. The molecule has 0 saturated heterocycles. The smallest absolute Gasteiger partial charge is 0.303 e. The van der Waals surface area contributed by atoms with E-state index in [4.69, 9.17) is 5.11 Å². The molecule has 5 heteroatoms. The second-order valence-electron chi connectivity index (χ2n) is 4.33. The molecule has 2 N–H and O–H groups in total. The van der Waals surface area contributed by atoms with E-state index in [1.54, 1.807) is 0 Å². The Morgan fingerprint density at radius 3 is 2.42 bits per heavy atom. The van der Waals surface area contributed by atoms with Crippen molar-refractivity contribution in [2.45, 2.75) is 38.6 Å². The molecule has 1 atom stereocenters. The molecule has 4 nitrogen and oxygen atoms in total. The van der Waals surface area contributed by atoms with Gasteiger partial charge >= 0.3 is 5.97 Å². The van der Waals surface area contributed by atoms with Crippen molar-refractivity contribution in [3.8, 4) is 0 Å². The summed E-state index contributed by atoms with van der Waals surface area (Å²) in [6, 6.07) is 7.79. The highest BCUT2D eigenvalue weighted by atomic mass is 79.9. The zero-order valence-corrected chi connectivity index (χ0v) is 12.4. The number of benzene rings is 1. The van der Waals surface area contributed by atoms with Crippen LogP contribution in [0.3, 0.4) is 0 Å². The Bertz CT molecular complexity index is 431. The number of carbonyl (C=O) groups excluding carboxylic acids is 1. The standard InChI is InChI=1S/C14H18BrNO3/c1-2-12(10-6-8-11(15)9-7-10)16-13(17)4-3-5-14(18)19/h6-9,12H,2-5H2,1H3,(H,16,17)(H,18,19). The van der Waals surface area contributed by atoms with Gasteiger partial charge in [-0.15, -0.1) is 0 Å². The topological polar surface area (TPSA) is 66.4 Å². The molecule has 1 rings (SSSR count). The fourth-order valence-electron chi connectivity index (χ4n) is 1.78. The van der Waals surface area contributed by atoms with E-state index in [-0.39, 0.29) is 24.8 Å². The van der Waals surface area contributed by atoms with E-state index in [1.807, 2.05) is 31.2 Å². The van der Waals surface area contributed by atoms with Gasteiger partial charge in [0, 0.05) is 17.3 Å². The maximum Gasteiger partial charge on any atom is 0.303 e. The van der Waals surface area contributed by atoms with Gasteiger partial charge in [-0.1, -0.05) is 35.0 Å². The third-order valence-electron chi connectivity index (χ3n) is 2.81. The summed E-state index contributed by atoms with van der Waals surface area (Å²) < 4.78 is 0.999. The van der Waals surface area contributed by atoms with Gasteiger partial charge in [0.15, 0.2) is 0 Å². The summed E-state index contributed by atoms with van der Waals surface area (Å²) in [6.07, 6.45) is 1.45. The highest BCUT2D eigenvalue weighted by Crippen LogP contribution is 2.19. The molecular formula is C14H18BrNO3. The highest BCUT2D eigenvalue weighted by Gasteiger charge is 2.12. The molecule has 19 heavy (non-hydrogen) atoms. The molecule has 0 aliphatic rings. The van der Waals surface area contributed by atoms with E-state index in [2.05, 4.69) is 21.2 Å². The normalized spacial score (nSPS) is 11.9. The van der Waals surface area contributed by atoms with Gasteiger partial charge in [-0.2, -0.15) is 0 Å². The number of aliphatic carboxylic acids is 1. The van der Waals surface area contributed by atoms with Gasteiger partial charge in [0.2, 0.25) is 5.91 Å². The quantitative estimate of drug-likeness (QED) is 0.807. The molecule has 0 aromatic heterocycles. The Morgan fingerprint density at radius 2 is 1.89 bits per heavy atom. The van der Waals surface area contributed by atoms with Crippen molar-refractivity contribution < 1.29 is 14.7 Å². The largest absolute Gasteiger partial charge is 0.481 e. The number of nitrogens with one attached hydrogen (secondary N) is 1. The lowest BCUT2D eigenvalue weighted by Crippen LogP contribution is -2.27. The van der Waals surface area contributed by atoms with E-state index in [0.717, 1.165) is 16.5 Å². The fraction of sp³-hybridized carbons (Fsp3) is 0.429. The Labute approximate surface area is 121 Å². The van der Waals surface area contributed by atoms with Crippen LogP contribution < -0.4 is 5.32 Å². The van der Waals surface area contributed by atoms with Crippen molar-refractivity contribution in [3.63, 3.8) is 0 Å². The minimum atomic E-state index is -0.868. The summed E-state index contributed by atoms with van der Waals surface area (Å²) in [5, 5.41) is 11.5. The first-order valence-corrected chi connectivity index (χ1v) is 7.09. The number of carbonyl (C=O) groups is 2. The number of carboxylic acid groups (broad SMARTS) is 1. The van der Waals surface area contributed by atoms with Crippen LogP contribution in [0.4, 0.5) is 0 Å². The van der Waals surface area contributed by atoms with E-state index < -0.39 is 5.97 Å². The van der Waals surface area contributed by atoms with Crippen molar-refractivity contribution in [2.24, 2.45) is 0 Å². The molecule has 0 bridgehead atoms. The first-order valence-electron chi connectivity index (χ1n) is 6.29. The van der Waals surface area contributed by atoms with E-state index >= 15 is 0 Å². The summed E-state index contributed by atoms with van der Waals surface area (Å²) in [6.45, 7) is 2.00. The molecule has 0 fully saturated rings. The van der Waals surface area contributed by atoms with Crippen molar-refractivity contribution in [2.75, 3.05) is 0 Å². The predicted octanol–water partition coefficient (Wildman–Crippen LogP) is 3.27. The van der Waals surface area contributed by atoms with Crippen LogP contribution in [0.1, 0.15) is 44.2 Å². The number of hydrogen-bond donors (Lipinski definition) is 2. The predicted molar refractivity (Wildman–Crippen MR) is 76.8 cm³/mol. The van der Waals surface area contributed by atoms with Crippen LogP contribution in [-0.4, -0.2) is 17.0 Å². The zero-order valence-electron chi connectivity index (χ0n) is 10.9. The molecule has 0 heterocycles. The monoisotopic (exact) mass is 327 g/mol. The second kappa shape index (κ2) is 7.94. The molecule has 0 saturated carbocycles. The van der Waals surface area contributed by atoms with Gasteiger partial charge in [0.05, 0.1) is 6.04 Å². The number of halogens is 1. The Balaban J connectivity index is 2.50. The van der Waals surface area contributed by atoms with Crippen LogP contribution in [0.25, 0.3) is 0 Å². The number of hydrogen-bond acceptors (Lipinski definition) is 2. The van der Waals surface area contributed by atoms with Gasteiger partial charge in [-0.05, 0) is 30.5 Å². The lowest BCUT2D eigenvalue weighted by Gasteiger charge is -2.17. The summed E-state index contributed by atoms with van der Waals surface area (Å²) in [4.78, 5) is 22.1. The third kappa shape index (κ3) is 5.87. The number of carboxylic acids is 1. The fourth-order valence-corrected chi connectivity index (χ4v) is 2.05. The van der Waals surface area contributed by atoms with Gasteiger partial charge in [0.25, 0.3) is 0 Å². The maximum atomic E-state index is 11.7. The molecular weight excluding hydrogens is 310 g/mol. The third-order valence-corrected chi connectivity index (χ3v) is 3.34. The molecule has 1 aromatic carbocycles. The Kier molecular flexibility index (Phi) is 6.56. The first kappa shape index (κ1) is 15.7. The van der Waals surface area contributed by atoms with Crippen LogP contribution in [0.15, 0.2) is 28.7 Å². The Hall–Kier alpha value is -1.36. The summed E-state index contributed by atoms with van der Waals surface area (Å²) >= 11 is 3.37. The molecule has 0 aliphatic carbocycles. The maximum absolute atomic E-state index is 11.7. The lowest BCUT2D eigenvalue weighted by molar-refractivity contribution is -0.137. The highest BCUT2D eigenvalue weighted by molar-refractivity contribution is 9.10. The molecule has 0 spiro atoms. The number of amides is 1. The zero-order chi connectivity index (χ0) is 14.3. The molecule has 104 valence electrons. The van der Waals surface area contributed by atoms with Crippen LogP contribution >= 0.6 is 15.9 Å². The molecule has 0 radical (unpaired) electrons. The first-order chi connectivity index (χ1) is 9.02. The molecule has 1 amide bonds. The lowest BCUT2D eigenvalue weighted by atomic mass is 10.0. The van der Waals surface area contributed by atoms with Gasteiger partial charge in [-0.3, -0.25) is 9.59 Å². The average Bonchev–Trinajstić information content (AvgIpc) is 2.36. The molecule has 0 aliphatic heterocycles. The second-order valence-corrected chi connectivity index (χ2v) is 5.24. The van der Waals surface area contributed by atoms with Gasteiger partial charge < -0.3 is 10.4 Å².